The van der Waals surface area contributed by atoms with Gasteiger partial charge in [0.25, 0.3) is 0 Å². The minimum absolute atomic E-state index is 0.297. The first-order valence-corrected chi connectivity index (χ1v) is 8.79. The highest BCUT2D eigenvalue weighted by Crippen LogP contribution is 2.46. The fraction of sp³-hybridized carbons (Fsp3) is 0.857. The molecule has 1 heterocycles. The molecule has 20 heavy (non-hydrogen) atoms. The van der Waals surface area contributed by atoms with Gasteiger partial charge in [0.2, 0.25) is 0 Å². The molecule has 4 rings (SSSR count). The lowest BCUT2D eigenvalue weighted by Gasteiger charge is -2.12. The molecule has 2 N–H and O–H groups in total. The van der Waals surface area contributed by atoms with E-state index in [0.29, 0.717) is 30.3 Å². The molecule has 0 spiro atoms. The van der Waals surface area contributed by atoms with E-state index in [1.165, 1.54) is 44.3 Å². The summed E-state index contributed by atoms with van der Waals surface area (Å²) in [5.41, 5.74) is 0. The first kappa shape index (κ1) is 13.1. The monoisotopic (exact) mass is 294 g/mol. The van der Waals surface area contributed by atoms with Gasteiger partial charge in [-0.1, -0.05) is 11.8 Å². The molecule has 5 nitrogen and oxygen atoms in total. The van der Waals surface area contributed by atoms with Crippen molar-refractivity contribution >= 4 is 11.8 Å². The topological polar surface area (TPSA) is 63.0 Å². The highest BCUT2D eigenvalue weighted by Gasteiger charge is 2.36. The molecule has 3 aliphatic carbocycles. The molecule has 3 saturated carbocycles. The van der Waals surface area contributed by atoms with Crippen LogP contribution in [0, 0.1) is 0 Å². The van der Waals surface area contributed by atoms with Gasteiger partial charge in [0.15, 0.2) is 5.16 Å². The molecule has 0 radical (unpaired) electrons. The molecule has 3 aliphatic rings. The molecule has 6 heteroatoms. The Labute approximate surface area is 123 Å². The van der Waals surface area contributed by atoms with Gasteiger partial charge in [-0.05, 0) is 38.5 Å². The summed E-state index contributed by atoms with van der Waals surface area (Å²) in [6.07, 6.45) is 7.29. The Morgan fingerprint density at radius 2 is 2.00 bits per heavy atom. The summed E-state index contributed by atoms with van der Waals surface area (Å²) in [6.45, 7) is 0.699. The van der Waals surface area contributed by atoms with Crippen molar-refractivity contribution in [3.05, 3.63) is 5.82 Å². The van der Waals surface area contributed by atoms with Crippen molar-refractivity contribution < 1.29 is 5.11 Å². The lowest BCUT2D eigenvalue weighted by Crippen LogP contribution is -2.30. The summed E-state index contributed by atoms with van der Waals surface area (Å²) in [5, 5.41) is 23.2. The van der Waals surface area contributed by atoms with E-state index in [2.05, 4.69) is 20.1 Å². The minimum atomic E-state index is -0.297. The van der Waals surface area contributed by atoms with E-state index in [1.807, 2.05) is 0 Å². The lowest BCUT2D eigenvalue weighted by molar-refractivity contribution is 0.195. The van der Waals surface area contributed by atoms with Crippen LogP contribution in [0.25, 0.3) is 0 Å². The first-order chi connectivity index (χ1) is 9.81. The average Bonchev–Trinajstić information content (AvgIpc) is 3.31. The van der Waals surface area contributed by atoms with Crippen molar-refractivity contribution in [3.8, 4) is 0 Å². The summed E-state index contributed by atoms with van der Waals surface area (Å²) >= 11 is 1.66. The molecular weight excluding hydrogens is 272 g/mol. The van der Waals surface area contributed by atoms with Crippen LogP contribution in [-0.4, -0.2) is 44.3 Å². The van der Waals surface area contributed by atoms with Gasteiger partial charge in [-0.2, -0.15) is 0 Å². The fourth-order valence-electron chi connectivity index (χ4n) is 2.50. The third-order valence-electron chi connectivity index (χ3n) is 4.17. The molecule has 1 aromatic heterocycles. The number of aliphatic hydroxyl groups is 1. The Hall–Kier alpha value is -0.590. The van der Waals surface area contributed by atoms with E-state index in [4.69, 9.17) is 0 Å². The first-order valence-electron chi connectivity index (χ1n) is 7.80. The molecule has 110 valence electrons. The SMILES string of the molecule is OC(CNC1CC1)CSc1nnc(C2CC2)n1C1CC1. The van der Waals surface area contributed by atoms with Crippen molar-refractivity contribution in [2.45, 2.75) is 67.8 Å². The highest BCUT2D eigenvalue weighted by atomic mass is 32.2. The van der Waals surface area contributed by atoms with E-state index in [-0.39, 0.29) is 6.10 Å². The largest absolute Gasteiger partial charge is 0.391 e. The standard InChI is InChI=1S/C14H22N4OS/c19-12(7-15-10-3-4-10)8-20-14-17-16-13(9-1-2-9)18(14)11-5-6-11/h9-12,15,19H,1-8H2. The third-order valence-corrected chi connectivity index (χ3v) is 5.26. The summed E-state index contributed by atoms with van der Waals surface area (Å²) < 4.78 is 2.35. The maximum absolute atomic E-state index is 10.0. The van der Waals surface area contributed by atoms with Crippen LogP contribution in [0.5, 0.6) is 0 Å². The molecule has 1 aromatic rings. The Bertz CT molecular complexity index is 480. The average molecular weight is 294 g/mol. The summed E-state index contributed by atoms with van der Waals surface area (Å²) in [4.78, 5) is 0. The van der Waals surface area contributed by atoms with Gasteiger partial charge in [0.05, 0.1) is 6.10 Å². The fourth-order valence-corrected chi connectivity index (χ4v) is 3.44. The Balaban J connectivity index is 1.35. The van der Waals surface area contributed by atoms with E-state index >= 15 is 0 Å². The van der Waals surface area contributed by atoms with Crippen LogP contribution >= 0.6 is 11.8 Å². The second-order valence-electron chi connectivity index (χ2n) is 6.36. The number of aliphatic hydroxyl groups excluding tert-OH is 1. The molecule has 0 aliphatic heterocycles. The molecule has 1 unspecified atom stereocenters. The van der Waals surface area contributed by atoms with Gasteiger partial charge in [0, 0.05) is 30.3 Å². The maximum atomic E-state index is 10.0. The number of nitrogens with zero attached hydrogens (tertiary/aromatic N) is 3. The molecule has 0 aromatic carbocycles. The molecule has 0 saturated heterocycles. The molecule has 3 fully saturated rings. The van der Waals surface area contributed by atoms with Crippen molar-refractivity contribution in [3.63, 3.8) is 0 Å². The number of hydrogen-bond donors (Lipinski definition) is 2. The molecule has 1 atom stereocenters. The van der Waals surface area contributed by atoms with Crippen molar-refractivity contribution in [1.82, 2.24) is 20.1 Å². The number of rotatable bonds is 8. The van der Waals surface area contributed by atoms with Crippen LogP contribution in [0.1, 0.15) is 56.3 Å². The van der Waals surface area contributed by atoms with Crippen molar-refractivity contribution in [2.24, 2.45) is 0 Å². The predicted octanol–water partition coefficient (Wildman–Crippen LogP) is 1.70. The number of hydrogen-bond acceptors (Lipinski definition) is 5. The van der Waals surface area contributed by atoms with Crippen LogP contribution < -0.4 is 5.32 Å². The van der Waals surface area contributed by atoms with E-state index in [0.717, 1.165) is 5.16 Å². The Morgan fingerprint density at radius 3 is 2.65 bits per heavy atom. The molecule has 0 amide bonds. The van der Waals surface area contributed by atoms with Gasteiger partial charge in [-0.3, -0.25) is 0 Å². The zero-order valence-electron chi connectivity index (χ0n) is 11.7. The summed E-state index contributed by atoms with van der Waals surface area (Å²) in [7, 11) is 0. The van der Waals surface area contributed by atoms with Crippen LogP contribution in [0.4, 0.5) is 0 Å². The lowest BCUT2D eigenvalue weighted by atomic mass is 10.4. The van der Waals surface area contributed by atoms with Crippen LogP contribution in [0.3, 0.4) is 0 Å². The minimum Gasteiger partial charge on any atom is -0.391 e. The second-order valence-corrected chi connectivity index (χ2v) is 7.35. The zero-order chi connectivity index (χ0) is 13.5. The number of aromatic nitrogens is 3. The summed E-state index contributed by atoms with van der Waals surface area (Å²) in [6, 6.07) is 1.29. The van der Waals surface area contributed by atoms with Crippen molar-refractivity contribution in [1.29, 1.82) is 0 Å². The van der Waals surface area contributed by atoms with E-state index in [9.17, 15) is 5.11 Å². The predicted molar refractivity (Wildman–Crippen MR) is 78.0 cm³/mol. The quantitative estimate of drug-likeness (QED) is 0.715. The third kappa shape index (κ3) is 3.02. The van der Waals surface area contributed by atoms with E-state index in [1.54, 1.807) is 11.8 Å². The van der Waals surface area contributed by atoms with Gasteiger partial charge >= 0.3 is 0 Å². The van der Waals surface area contributed by atoms with Crippen molar-refractivity contribution in [2.75, 3.05) is 12.3 Å². The van der Waals surface area contributed by atoms with Gasteiger partial charge in [-0.25, -0.2) is 0 Å². The van der Waals surface area contributed by atoms with Gasteiger partial charge in [-0.15, -0.1) is 10.2 Å². The number of thioether (sulfide) groups is 1. The Morgan fingerprint density at radius 1 is 1.20 bits per heavy atom. The van der Waals surface area contributed by atoms with Crippen LogP contribution in [0.15, 0.2) is 5.16 Å². The Kier molecular flexibility index (Phi) is 3.48. The van der Waals surface area contributed by atoms with Crippen LogP contribution in [-0.2, 0) is 0 Å². The number of nitrogens with one attached hydrogen (secondary N) is 1. The highest BCUT2D eigenvalue weighted by molar-refractivity contribution is 7.99. The second kappa shape index (κ2) is 5.31. The smallest absolute Gasteiger partial charge is 0.191 e. The molecular formula is C14H22N4OS. The van der Waals surface area contributed by atoms with Gasteiger partial charge in [0.1, 0.15) is 5.82 Å². The van der Waals surface area contributed by atoms with E-state index < -0.39 is 0 Å². The zero-order valence-corrected chi connectivity index (χ0v) is 12.5. The maximum Gasteiger partial charge on any atom is 0.191 e. The van der Waals surface area contributed by atoms with Crippen LogP contribution in [0.2, 0.25) is 0 Å². The van der Waals surface area contributed by atoms with Gasteiger partial charge < -0.3 is 15.0 Å². The summed E-state index contributed by atoms with van der Waals surface area (Å²) in [5.74, 6) is 2.55. The normalized spacial score (nSPS) is 24.1. The molecule has 0 bridgehead atoms.